The van der Waals surface area contributed by atoms with Gasteiger partial charge in [0.05, 0.1) is 0 Å². The topological polar surface area (TPSA) is 73.5 Å². The summed E-state index contributed by atoms with van der Waals surface area (Å²) in [4.78, 5) is 44.3. The number of rotatable bonds is 2. The molecule has 3 saturated heterocycles. The smallest absolute Gasteiger partial charge is 0.260 e. The summed E-state index contributed by atoms with van der Waals surface area (Å²) in [5.41, 5.74) is 0.624. The first kappa shape index (κ1) is 16.4. The van der Waals surface area contributed by atoms with Crippen molar-refractivity contribution in [1.29, 1.82) is 0 Å². The number of hydrogen-bond acceptors (Lipinski definition) is 3. The molecule has 5 rings (SSSR count). The van der Waals surface area contributed by atoms with Gasteiger partial charge in [-0.25, -0.2) is 0 Å². The third-order valence-corrected chi connectivity index (χ3v) is 6.03. The number of carbonyl (C=O) groups excluding carboxylic acids is 2. The molecule has 0 spiro atoms. The van der Waals surface area contributed by atoms with Crippen molar-refractivity contribution in [3.05, 3.63) is 33.7 Å². The molecular formula is C19H25N3O3. The molecule has 3 aliphatic heterocycles. The summed E-state index contributed by atoms with van der Waals surface area (Å²) in [6.45, 7) is 3.81. The van der Waals surface area contributed by atoms with Crippen molar-refractivity contribution in [3.63, 3.8) is 0 Å². The van der Waals surface area contributed by atoms with Crippen LogP contribution in [0.15, 0.2) is 16.9 Å². The van der Waals surface area contributed by atoms with Crippen molar-refractivity contribution in [2.45, 2.75) is 45.1 Å². The Labute approximate surface area is 147 Å². The van der Waals surface area contributed by atoms with Gasteiger partial charge in [0, 0.05) is 37.3 Å². The molecule has 25 heavy (non-hydrogen) atoms. The van der Waals surface area contributed by atoms with Gasteiger partial charge in [-0.05, 0) is 50.7 Å². The minimum atomic E-state index is -0.326. The van der Waals surface area contributed by atoms with Gasteiger partial charge in [0.15, 0.2) is 0 Å². The van der Waals surface area contributed by atoms with E-state index in [-0.39, 0.29) is 34.9 Å². The molecule has 2 atom stereocenters. The molecule has 4 aliphatic rings. The van der Waals surface area contributed by atoms with Crippen LogP contribution in [0.5, 0.6) is 0 Å². The number of aryl methyl sites for hydroxylation is 1. The number of carbonyl (C=O) groups is 2. The number of aromatic nitrogens is 1. The number of piperidine rings is 1. The number of hydrogen-bond donors (Lipinski definition) is 1. The minimum Gasteiger partial charge on any atom is -0.340 e. The molecule has 6 heteroatoms. The number of nitrogens with zero attached hydrogens (tertiary/aromatic N) is 2. The molecule has 1 saturated carbocycles. The quantitative estimate of drug-likeness (QED) is 0.885. The van der Waals surface area contributed by atoms with E-state index in [1.165, 1.54) is 0 Å². The Morgan fingerprint density at radius 3 is 2.56 bits per heavy atom. The highest BCUT2D eigenvalue weighted by atomic mass is 16.2. The van der Waals surface area contributed by atoms with Gasteiger partial charge < -0.3 is 14.8 Å². The van der Waals surface area contributed by atoms with Crippen LogP contribution in [-0.2, 0) is 4.79 Å². The molecule has 1 N–H and O–H groups in total. The standard InChI is InChI=1S/C19H25N3O3/c1-12-5-8-16(17(23)20-12)19(25)22-10-13-6-7-15(22)11-21(9-13)18(24)14-3-2-4-14/h5,8,13-15H,2-4,6-7,9-11H2,1H3,(H,20,23). The van der Waals surface area contributed by atoms with Crippen LogP contribution in [0.1, 0.15) is 48.2 Å². The van der Waals surface area contributed by atoms with Crippen molar-refractivity contribution in [3.8, 4) is 0 Å². The minimum absolute atomic E-state index is 0.0241. The molecule has 0 aromatic carbocycles. The fourth-order valence-electron chi connectivity index (χ4n) is 4.32. The lowest BCUT2D eigenvalue weighted by Gasteiger charge is -2.36. The summed E-state index contributed by atoms with van der Waals surface area (Å²) >= 11 is 0. The van der Waals surface area contributed by atoms with Crippen LogP contribution in [-0.4, -0.2) is 52.3 Å². The molecule has 2 bridgehead atoms. The maximum absolute atomic E-state index is 13.0. The lowest BCUT2D eigenvalue weighted by Crippen LogP contribution is -2.49. The van der Waals surface area contributed by atoms with E-state index in [9.17, 15) is 14.4 Å². The SMILES string of the molecule is Cc1ccc(C(=O)N2CC3CCC2CN(C(=O)C2CCC2)C3)c(=O)[nH]1. The molecule has 1 aliphatic carbocycles. The number of pyridine rings is 1. The van der Waals surface area contributed by atoms with Crippen LogP contribution in [0, 0.1) is 18.8 Å². The number of amides is 2. The van der Waals surface area contributed by atoms with Crippen LogP contribution >= 0.6 is 0 Å². The van der Waals surface area contributed by atoms with E-state index >= 15 is 0 Å². The maximum atomic E-state index is 13.0. The zero-order valence-electron chi connectivity index (χ0n) is 14.7. The predicted octanol–water partition coefficient (Wildman–Crippen LogP) is 1.55. The molecular weight excluding hydrogens is 318 g/mol. The summed E-state index contributed by atoms with van der Waals surface area (Å²) < 4.78 is 0. The van der Waals surface area contributed by atoms with E-state index in [0.717, 1.165) is 44.3 Å². The Kier molecular flexibility index (Phi) is 4.13. The Balaban J connectivity index is 1.54. The first-order valence-electron chi connectivity index (χ1n) is 9.32. The molecule has 1 aromatic heterocycles. The second-order valence-electron chi connectivity index (χ2n) is 7.81. The van der Waals surface area contributed by atoms with E-state index in [1.807, 2.05) is 9.80 Å². The third-order valence-electron chi connectivity index (χ3n) is 6.03. The van der Waals surface area contributed by atoms with Gasteiger partial charge in [0.1, 0.15) is 5.56 Å². The highest BCUT2D eigenvalue weighted by Gasteiger charge is 2.41. The van der Waals surface area contributed by atoms with Crippen LogP contribution in [0.3, 0.4) is 0 Å². The zero-order chi connectivity index (χ0) is 17.6. The molecule has 2 unspecified atom stereocenters. The number of fused-ring (bicyclic) bond motifs is 4. The van der Waals surface area contributed by atoms with Gasteiger partial charge >= 0.3 is 0 Å². The average molecular weight is 343 g/mol. The monoisotopic (exact) mass is 343 g/mol. The van der Waals surface area contributed by atoms with Crippen molar-refractivity contribution in [2.75, 3.05) is 19.6 Å². The Hall–Kier alpha value is -2.11. The van der Waals surface area contributed by atoms with Gasteiger partial charge in [-0.3, -0.25) is 14.4 Å². The van der Waals surface area contributed by atoms with Crippen molar-refractivity contribution in [2.24, 2.45) is 11.8 Å². The summed E-state index contributed by atoms with van der Waals surface area (Å²) in [7, 11) is 0. The summed E-state index contributed by atoms with van der Waals surface area (Å²) in [5, 5.41) is 0. The molecule has 2 amide bonds. The highest BCUT2D eigenvalue weighted by Crippen LogP contribution is 2.33. The van der Waals surface area contributed by atoms with E-state index in [4.69, 9.17) is 0 Å². The third kappa shape index (κ3) is 2.98. The second-order valence-corrected chi connectivity index (χ2v) is 7.81. The van der Waals surface area contributed by atoms with Gasteiger partial charge in [0.2, 0.25) is 5.91 Å². The normalized spacial score (nSPS) is 26.3. The van der Waals surface area contributed by atoms with E-state index < -0.39 is 0 Å². The largest absolute Gasteiger partial charge is 0.340 e. The Morgan fingerprint density at radius 1 is 1.08 bits per heavy atom. The Bertz CT molecular complexity index is 753. The zero-order valence-corrected chi connectivity index (χ0v) is 14.7. The molecule has 4 fully saturated rings. The van der Waals surface area contributed by atoms with Gasteiger partial charge in [0.25, 0.3) is 11.5 Å². The molecule has 0 radical (unpaired) electrons. The van der Waals surface area contributed by atoms with E-state index in [0.29, 0.717) is 19.0 Å². The number of H-pyrrole nitrogens is 1. The second kappa shape index (κ2) is 6.32. The van der Waals surface area contributed by atoms with Crippen molar-refractivity contribution < 1.29 is 9.59 Å². The van der Waals surface area contributed by atoms with Crippen LogP contribution in [0.4, 0.5) is 0 Å². The van der Waals surface area contributed by atoms with Gasteiger partial charge in [-0.15, -0.1) is 0 Å². The van der Waals surface area contributed by atoms with Gasteiger partial charge in [-0.2, -0.15) is 0 Å². The Morgan fingerprint density at radius 2 is 1.88 bits per heavy atom. The first-order chi connectivity index (χ1) is 12.0. The summed E-state index contributed by atoms with van der Waals surface area (Å²) in [5.74, 6) is 0.581. The maximum Gasteiger partial charge on any atom is 0.260 e. The molecule has 134 valence electrons. The molecule has 6 nitrogen and oxygen atoms in total. The highest BCUT2D eigenvalue weighted by molar-refractivity contribution is 5.94. The number of aromatic amines is 1. The van der Waals surface area contributed by atoms with E-state index in [2.05, 4.69) is 4.98 Å². The summed E-state index contributed by atoms with van der Waals surface area (Å²) in [6, 6.07) is 3.40. The van der Waals surface area contributed by atoms with Crippen molar-refractivity contribution in [1.82, 2.24) is 14.8 Å². The van der Waals surface area contributed by atoms with Gasteiger partial charge in [-0.1, -0.05) is 6.42 Å². The lowest BCUT2D eigenvalue weighted by atomic mass is 9.84. The lowest BCUT2D eigenvalue weighted by molar-refractivity contribution is -0.138. The van der Waals surface area contributed by atoms with Crippen molar-refractivity contribution >= 4 is 11.8 Å². The van der Waals surface area contributed by atoms with Crippen LogP contribution in [0.2, 0.25) is 0 Å². The van der Waals surface area contributed by atoms with Crippen LogP contribution < -0.4 is 5.56 Å². The average Bonchev–Trinajstić information content (AvgIpc) is 2.84. The molecule has 1 aromatic rings. The summed E-state index contributed by atoms with van der Waals surface area (Å²) in [6.07, 6.45) is 5.12. The predicted molar refractivity (Wildman–Crippen MR) is 93.3 cm³/mol. The fourth-order valence-corrected chi connectivity index (χ4v) is 4.32. The fraction of sp³-hybridized carbons (Fsp3) is 0.632. The van der Waals surface area contributed by atoms with Crippen LogP contribution in [0.25, 0.3) is 0 Å². The molecule has 4 heterocycles. The number of nitrogens with one attached hydrogen (secondary N) is 1. The first-order valence-corrected chi connectivity index (χ1v) is 9.32. The van der Waals surface area contributed by atoms with E-state index in [1.54, 1.807) is 19.1 Å².